The van der Waals surface area contributed by atoms with Crippen molar-refractivity contribution in [3.8, 4) is 0 Å². The SMILES string of the molecule is CC(Cl)C(=O)c1cccc(Br)c1C=O. The van der Waals surface area contributed by atoms with E-state index in [2.05, 4.69) is 15.9 Å². The number of carbonyl (C=O) groups excluding carboxylic acids is 2. The van der Waals surface area contributed by atoms with Crippen LogP contribution in [-0.2, 0) is 0 Å². The lowest BCUT2D eigenvalue weighted by Crippen LogP contribution is -2.13. The molecule has 0 aliphatic rings. The standard InChI is InChI=1S/C10H8BrClO2/c1-6(12)10(14)7-3-2-4-9(11)8(7)5-13/h2-6H,1H3. The van der Waals surface area contributed by atoms with Crippen LogP contribution in [0.1, 0.15) is 27.6 Å². The van der Waals surface area contributed by atoms with Crippen LogP contribution in [0.4, 0.5) is 0 Å². The molecule has 1 atom stereocenters. The van der Waals surface area contributed by atoms with Crippen LogP contribution in [0.3, 0.4) is 0 Å². The van der Waals surface area contributed by atoms with E-state index in [1.807, 2.05) is 0 Å². The van der Waals surface area contributed by atoms with Crippen LogP contribution in [-0.4, -0.2) is 17.4 Å². The summed E-state index contributed by atoms with van der Waals surface area (Å²) in [6, 6.07) is 5.00. The van der Waals surface area contributed by atoms with E-state index in [1.165, 1.54) is 0 Å². The first-order chi connectivity index (χ1) is 6.57. The van der Waals surface area contributed by atoms with Gasteiger partial charge in [0.25, 0.3) is 0 Å². The zero-order chi connectivity index (χ0) is 10.7. The molecule has 4 heteroatoms. The summed E-state index contributed by atoms with van der Waals surface area (Å²) in [4.78, 5) is 22.3. The van der Waals surface area contributed by atoms with Crippen molar-refractivity contribution in [3.05, 3.63) is 33.8 Å². The molecule has 1 unspecified atom stereocenters. The maximum absolute atomic E-state index is 11.6. The van der Waals surface area contributed by atoms with Crippen LogP contribution < -0.4 is 0 Å². The van der Waals surface area contributed by atoms with Gasteiger partial charge in [-0.25, -0.2) is 0 Å². The maximum atomic E-state index is 11.6. The van der Waals surface area contributed by atoms with E-state index >= 15 is 0 Å². The maximum Gasteiger partial charge on any atom is 0.181 e. The topological polar surface area (TPSA) is 34.1 Å². The number of Topliss-reactive ketones (excluding diaryl/α,β-unsaturated/α-hetero) is 1. The number of hydrogen-bond acceptors (Lipinski definition) is 2. The number of carbonyl (C=O) groups is 2. The Morgan fingerprint density at radius 3 is 2.71 bits per heavy atom. The van der Waals surface area contributed by atoms with Gasteiger partial charge in [0.15, 0.2) is 12.1 Å². The molecule has 0 N–H and O–H groups in total. The van der Waals surface area contributed by atoms with Crippen molar-refractivity contribution in [2.45, 2.75) is 12.3 Å². The van der Waals surface area contributed by atoms with Crippen LogP contribution in [0.5, 0.6) is 0 Å². The second-order valence-corrected chi connectivity index (χ2v) is 4.31. The molecule has 1 rings (SSSR count). The lowest BCUT2D eigenvalue weighted by molar-refractivity contribution is 0.0985. The Kier molecular flexibility index (Phi) is 3.84. The monoisotopic (exact) mass is 274 g/mol. The highest BCUT2D eigenvalue weighted by molar-refractivity contribution is 9.10. The second-order valence-electron chi connectivity index (χ2n) is 2.80. The third-order valence-electron chi connectivity index (χ3n) is 1.80. The molecule has 0 heterocycles. The number of ketones is 1. The van der Waals surface area contributed by atoms with Crippen LogP contribution in [0, 0.1) is 0 Å². The third kappa shape index (κ3) is 2.22. The van der Waals surface area contributed by atoms with Crippen LogP contribution in [0.15, 0.2) is 22.7 Å². The molecular formula is C10H8BrClO2. The Labute approximate surface area is 95.4 Å². The molecular weight excluding hydrogens is 267 g/mol. The smallest absolute Gasteiger partial charge is 0.181 e. The molecule has 74 valence electrons. The lowest BCUT2D eigenvalue weighted by atomic mass is 10.0. The fourth-order valence-electron chi connectivity index (χ4n) is 1.09. The number of aldehydes is 1. The number of benzene rings is 1. The van der Waals surface area contributed by atoms with Crippen molar-refractivity contribution >= 4 is 39.6 Å². The van der Waals surface area contributed by atoms with Gasteiger partial charge >= 0.3 is 0 Å². The normalized spacial score (nSPS) is 12.2. The summed E-state index contributed by atoms with van der Waals surface area (Å²) in [5.41, 5.74) is 0.710. The molecule has 0 bridgehead atoms. The Hall–Kier alpha value is -0.670. The van der Waals surface area contributed by atoms with Gasteiger partial charge in [-0.15, -0.1) is 11.6 Å². The van der Waals surface area contributed by atoms with E-state index < -0.39 is 5.38 Å². The molecule has 1 aromatic carbocycles. The molecule has 0 spiro atoms. The van der Waals surface area contributed by atoms with Crippen molar-refractivity contribution in [3.63, 3.8) is 0 Å². The highest BCUT2D eigenvalue weighted by atomic mass is 79.9. The predicted molar refractivity (Wildman–Crippen MR) is 59.2 cm³/mol. The zero-order valence-electron chi connectivity index (χ0n) is 7.46. The third-order valence-corrected chi connectivity index (χ3v) is 2.69. The van der Waals surface area contributed by atoms with Gasteiger partial charge in [0.2, 0.25) is 0 Å². The minimum absolute atomic E-state index is 0.241. The van der Waals surface area contributed by atoms with Crippen LogP contribution >= 0.6 is 27.5 Å². The van der Waals surface area contributed by atoms with Crippen molar-refractivity contribution < 1.29 is 9.59 Å². The molecule has 2 nitrogen and oxygen atoms in total. The number of rotatable bonds is 3. The first-order valence-electron chi connectivity index (χ1n) is 4.00. The average molecular weight is 276 g/mol. The Morgan fingerprint density at radius 2 is 2.21 bits per heavy atom. The van der Waals surface area contributed by atoms with E-state index in [0.29, 0.717) is 21.9 Å². The fourth-order valence-corrected chi connectivity index (χ4v) is 1.66. The minimum Gasteiger partial charge on any atom is -0.298 e. The molecule has 0 aromatic heterocycles. The van der Waals surface area contributed by atoms with Gasteiger partial charge in [-0.2, -0.15) is 0 Å². The fraction of sp³-hybridized carbons (Fsp3) is 0.200. The molecule has 0 amide bonds. The summed E-state index contributed by atoms with van der Waals surface area (Å²) in [6.07, 6.45) is 0.649. The Bertz CT molecular complexity index is 374. The first kappa shape index (κ1) is 11.4. The number of hydrogen-bond donors (Lipinski definition) is 0. The van der Waals surface area contributed by atoms with Crippen molar-refractivity contribution in [2.75, 3.05) is 0 Å². The van der Waals surface area contributed by atoms with Gasteiger partial charge in [-0.3, -0.25) is 9.59 Å². The van der Waals surface area contributed by atoms with Crippen molar-refractivity contribution in [2.24, 2.45) is 0 Å². The van der Waals surface area contributed by atoms with E-state index in [1.54, 1.807) is 25.1 Å². The Balaban J connectivity index is 3.27. The minimum atomic E-state index is -0.622. The van der Waals surface area contributed by atoms with Gasteiger partial charge in [0.1, 0.15) is 0 Å². The lowest BCUT2D eigenvalue weighted by Gasteiger charge is -2.06. The molecule has 0 aliphatic carbocycles. The van der Waals surface area contributed by atoms with Gasteiger partial charge in [-0.05, 0) is 13.0 Å². The largest absolute Gasteiger partial charge is 0.298 e. The summed E-state index contributed by atoms with van der Waals surface area (Å²) >= 11 is 8.86. The van der Waals surface area contributed by atoms with Gasteiger partial charge in [-0.1, -0.05) is 28.1 Å². The predicted octanol–water partition coefficient (Wildman–Crippen LogP) is 3.07. The molecule has 0 fully saturated rings. The quantitative estimate of drug-likeness (QED) is 0.483. The van der Waals surface area contributed by atoms with E-state index in [9.17, 15) is 9.59 Å². The molecule has 0 aliphatic heterocycles. The first-order valence-corrected chi connectivity index (χ1v) is 5.23. The Morgan fingerprint density at radius 1 is 1.57 bits per heavy atom. The number of alkyl halides is 1. The summed E-state index contributed by atoms with van der Waals surface area (Å²) in [5.74, 6) is -0.241. The molecule has 0 saturated carbocycles. The van der Waals surface area contributed by atoms with E-state index in [4.69, 9.17) is 11.6 Å². The molecule has 0 radical (unpaired) electrons. The van der Waals surface area contributed by atoms with Gasteiger partial charge < -0.3 is 0 Å². The van der Waals surface area contributed by atoms with E-state index in [-0.39, 0.29) is 5.78 Å². The van der Waals surface area contributed by atoms with Crippen molar-refractivity contribution in [1.82, 2.24) is 0 Å². The average Bonchev–Trinajstić information content (AvgIpc) is 2.16. The zero-order valence-corrected chi connectivity index (χ0v) is 9.80. The highest BCUT2D eigenvalue weighted by Crippen LogP contribution is 2.20. The molecule has 0 saturated heterocycles. The van der Waals surface area contributed by atoms with Crippen LogP contribution in [0.25, 0.3) is 0 Å². The molecule has 14 heavy (non-hydrogen) atoms. The van der Waals surface area contributed by atoms with Crippen molar-refractivity contribution in [1.29, 1.82) is 0 Å². The second kappa shape index (κ2) is 4.71. The van der Waals surface area contributed by atoms with Crippen LogP contribution in [0.2, 0.25) is 0 Å². The summed E-state index contributed by atoms with van der Waals surface area (Å²) in [7, 11) is 0. The van der Waals surface area contributed by atoms with Gasteiger partial charge in [0.05, 0.1) is 5.38 Å². The molecule has 1 aromatic rings. The number of halogens is 2. The van der Waals surface area contributed by atoms with Gasteiger partial charge in [0, 0.05) is 15.6 Å². The summed E-state index contributed by atoms with van der Waals surface area (Å²) in [5, 5.41) is -0.622. The highest BCUT2D eigenvalue weighted by Gasteiger charge is 2.17. The van der Waals surface area contributed by atoms with E-state index in [0.717, 1.165) is 0 Å². The summed E-state index contributed by atoms with van der Waals surface area (Å²) < 4.78 is 0.607. The summed E-state index contributed by atoms with van der Waals surface area (Å²) in [6.45, 7) is 1.58.